The highest BCUT2D eigenvalue weighted by Gasteiger charge is 2.19. The first kappa shape index (κ1) is 16.7. The molecule has 0 aliphatic carbocycles. The summed E-state index contributed by atoms with van der Waals surface area (Å²) in [4.78, 5) is 28.2. The third kappa shape index (κ3) is 4.17. The lowest BCUT2D eigenvalue weighted by atomic mass is 10.1. The summed E-state index contributed by atoms with van der Waals surface area (Å²) >= 11 is 5.68. The lowest BCUT2D eigenvalue weighted by molar-refractivity contribution is -0.384. The third-order valence-corrected chi connectivity index (χ3v) is 3.27. The Morgan fingerprint density at radius 1 is 1.35 bits per heavy atom. The van der Waals surface area contributed by atoms with Crippen molar-refractivity contribution in [3.63, 3.8) is 0 Å². The summed E-state index contributed by atoms with van der Waals surface area (Å²) in [7, 11) is 3.47. The molecule has 1 aromatic carbocycles. The summed E-state index contributed by atoms with van der Waals surface area (Å²) in [5.74, 6) is -0.646. The normalized spacial score (nSPS) is 10.2. The highest BCUT2D eigenvalue weighted by atomic mass is 35.5. The predicted octanol–water partition coefficient (Wildman–Crippen LogP) is 3.07. The van der Waals surface area contributed by atoms with Gasteiger partial charge < -0.3 is 9.64 Å². The monoisotopic (exact) mass is 335 g/mol. The number of ether oxygens (including phenoxy) is 1. The number of nitrogens with zero attached hydrogens (tertiary/aromatic N) is 3. The van der Waals surface area contributed by atoms with Crippen molar-refractivity contribution in [2.75, 3.05) is 19.0 Å². The van der Waals surface area contributed by atoms with Gasteiger partial charge in [-0.25, -0.2) is 9.78 Å². The molecule has 7 nitrogen and oxygen atoms in total. The van der Waals surface area contributed by atoms with E-state index < -0.39 is 10.9 Å². The van der Waals surface area contributed by atoms with Gasteiger partial charge >= 0.3 is 5.97 Å². The number of esters is 1. The van der Waals surface area contributed by atoms with Crippen LogP contribution in [0.5, 0.6) is 0 Å². The van der Waals surface area contributed by atoms with Gasteiger partial charge in [0.25, 0.3) is 5.69 Å². The highest BCUT2D eigenvalue weighted by molar-refractivity contribution is 6.29. The lowest BCUT2D eigenvalue weighted by Crippen LogP contribution is -2.16. The SMILES string of the molecule is CN(C)c1ccc([N+](=O)[O-])cc1C(=O)OCc1ccc(Cl)nc1. The average molecular weight is 336 g/mol. The summed E-state index contributed by atoms with van der Waals surface area (Å²) in [6, 6.07) is 7.33. The van der Waals surface area contributed by atoms with E-state index in [2.05, 4.69) is 4.98 Å². The Morgan fingerprint density at radius 3 is 2.65 bits per heavy atom. The molecule has 2 rings (SSSR count). The Bertz CT molecular complexity index is 732. The molecule has 2 aromatic rings. The fraction of sp³-hybridized carbons (Fsp3) is 0.200. The number of nitro benzene ring substituents is 1. The van der Waals surface area contributed by atoms with Crippen LogP contribution >= 0.6 is 11.6 Å². The standard InChI is InChI=1S/C15H14ClN3O4/c1-18(2)13-5-4-11(19(21)22)7-12(13)15(20)23-9-10-3-6-14(16)17-8-10/h3-8H,9H2,1-2H3. The Balaban J connectivity index is 2.21. The Hall–Kier alpha value is -2.67. The van der Waals surface area contributed by atoms with E-state index in [4.69, 9.17) is 16.3 Å². The molecule has 0 aliphatic rings. The first-order chi connectivity index (χ1) is 10.9. The third-order valence-electron chi connectivity index (χ3n) is 3.05. The summed E-state index contributed by atoms with van der Waals surface area (Å²) in [6.07, 6.45) is 1.50. The van der Waals surface area contributed by atoms with Crippen LogP contribution < -0.4 is 4.90 Å². The Labute approximate surface area is 137 Å². The smallest absolute Gasteiger partial charge is 0.340 e. The second kappa shape index (κ2) is 7.06. The first-order valence-corrected chi connectivity index (χ1v) is 6.99. The van der Waals surface area contributed by atoms with Crippen molar-refractivity contribution < 1.29 is 14.5 Å². The van der Waals surface area contributed by atoms with E-state index in [0.717, 1.165) is 0 Å². The number of carbonyl (C=O) groups is 1. The van der Waals surface area contributed by atoms with Gasteiger partial charge in [0.05, 0.1) is 16.2 Å². The van der Waals surface area contributed by atoms with E-state index in [1.54, 1.807) is 31.1 Å². The maximum atomic E-state index is 12.3. The van der Waals surface area contributed by atoms with Crippen LogP contribution in [-0.2, 0) is 11.3 Å². The Morgan fingerprint density at radius 2 is 2.09 bits per heavy atom. The van der Waals surface area contributed by atoms with Gasteiger partial charge in [0.15, 0.2) is 0 Å². The molecule has 0 saturated carbocycles. The topological polar surface area (TPSA) is 85.6 Å². The number of hydrogen-bond donors (Lipinski definition) is 0. The molecule has 0 aliphatic heterocycles. The summed E-state index contributed by atoms with van der Waals surface area (Å²) < 4.78 is 5.21. The quantitative estimate of drug-likeness (QED) is 0.361. The van der Waals surface area contributed by atoms with E-state index in [0.29, 0.717) is 16.4 Å². The number of aromatic nitrogens is 1. The number of halogens is 1. The zero-order chi connectivity index (χ0) is 17.0. The lowest BCUT2D eigenvalue weighted by Gasteiger charge is -2.16. The van der Waals surface area contributed by atoms with E-state index in [1.165, 1.54) is 24.4 Å². The molecule has 0 spiro atoms. The van der Waals surface area contributed by atoms with Crippen LogP contribution in [0.2, 0.25) is 5.15 Å². The van der Waals surface area contributed by atoms with Crippen molar-refractivity contribution in [2.24, 2.45) is 0 Å². The second-order valence-corrected chi connectivity index (χ2v) is 5.31. The van der Waals surface area contributed by atoms with Crippen LogP contribution in [0.1, 0.15) is 15.9 Å². The average Bonchev–Trinajstić information content (AvgIpc) is 2.53. The van der Waals surface area contributed by atoms with Gasteiger partial charge in [-0.1, -0.05) is 17.7 Å². The molecule has 0 fully saturated rings. The number of nitro groups is 1. The largest absolute Gasteiger partial charge is 0.457 e. The number of rotatable bonds is 5. The minimum atomic E-state index is -0.646. The molecule has 8 heteroatoms. The molecule has 0 amide bonds. The number of anilines is 1. The Kier molecular flexibility index (Phi) is 5.13. The zero-order valence-electron chi connectivity index (χ0n) is 12.5. The van der Waals surface area contributed by atoms with Crippen molar-refractivity contribution in [1.29, 1.82) is 0 Å². The van der Waals surface area contributed by atoms with Crippen molar-refractivity contribution in [2.45, 2.75) is 6.61 Å². The maximum Gasteiger partial charge on any atom is 0.340 e. The minimum absolute atomic E-state index is 0.00143. The highest BCUT2D eigenvalue weighted by Crippen LogP contribution is 2.25. The van der Waals surface area contributed by atoms with E-state index >= 15 is 0 Å². The molecule has 0 saturated heterocycles. The molecule has 0 radical (unpaired) electrons. The fourth-order valence-electron chi connectivity index (χ4n) is 1.91. The molecular formula is C15H14ClN3O4. The zero-order valence-corrected chi connectivity index (χ0v) is 13.3. The van der Waals surface area contributed by atoms with Crippen molar-refractivity contribution in [3.8, 4) is 0 Å². The molecule has 1 heterocycles. The van der Waals surface area contributed by atoms with E-state index in [1.807, 2.05) is 0 Å². The van der Waals surface area contributed by atoms with Crippen LogP contribution in [-0.4, -0.2) is 30.0 Å². The molecule has 23 heavy (non-hydrogen) atoms. The molecule has 0 bridgehead atoms. The second-order valence-electron chi connectivity index (χ2n) is 4.92. The van der Waals surface area contributed by atoms with Gasteiger partial charge in [0.2, 0.25) is 0 Å². The summed E-state index contributed by atoms with van der Waals surface area (Å²) in [5.41, 5.74) is 1.16. The molecule has 120 valence electrons. The fourth-order valence-corrected chi connectivity index (χ4v) is 2.02. The summed E-state index contributed by atoms with van der Waals surface area (Å²) in [6.45, 7) is -0.00143. The van der Waals surface area contributed by atoms with Gasteiger partial charge in [-0.05, 0) is 12.1 Å². The molecule has 1 aromatic heterocycles. The number of non-ortho nitro benzene ring substituents is 1. The summed E-state index contributed by atoms with van der Waals surface area (Å²) in [5, 5.41) is 11.2. The van der Waals surface area contributed by atoms with Crippen LogP contribution in [0.4, 0.5) is 11.4 Å². The van der Waals surface area contributed by atoms with Crippen molar-refractivity contribution in [1.82, 2.24) is 4.98 Å². The number of pyridine rings is 1. The van der Waals surface area contributed by atoms with Crippen molar-refractivity contribution in [3.05, 3.63) is 62.9 Å². The number of carbonyl (C=O) groups excluding carboxylic acids is 1. The van der Waals surface area contributed by atoms with Gasteiger partial charge in [-0.3, -0.25) is 10.1 Å². The molecule has 0 unspecified atom stereocenters. The van der Waals surface area contributed by atoms with Crippen LogP contribution in [0.25, 0.3) is 0 Å². The minimum Gasteiger partial charge on any atom is -0.457 e. The van der Waals surface area contributed by atoms with E-state index in [9.17, 15) is 14.9 Å². The molecular weight excluding hydrogens is 322 g/mol. The van der Waals surface area contributed by atoms with Crippen LogP contribution in [0, 0.1) is 10.1 Å². The van der Waals surface area contributed by atoms with Gasteiger partial charge in [-0.15, -0.1) is 0 Å². The van der Waals surface area contributed by atoms with Gasteiger partial charge in [-0.2, -0.15) is 0 Å². The molecule has 0 N–H and O–H groups in total. The maximum absolute atomic E-state index is 12.3. The van der Waals surface area contributed by atoms with Gasteiger partial charge in [0.1, 0.15) is 11.8 Å². The predicted molar refractivity (Wildman–Crippen MR) is 85.8 cm³/mol. The van der Waals surface area contributed by atoms with Crippen LogP contribution in [0.15, 0.2) is 36.5 Å². The number of hydrogen-bond acceptors (Lipinski definition) is 6. The van der Waals surface area contributed by atoms with E-state index in [-0.39, 0.29) is 17.9 Å². The van der Waals surface area contributed by atoms with Crippen LogP contribution in [0.3, 0.4) is 0 Å². The number of benzene rings is 1. The molecule has 0 atom stereocenters. The first-order valence-electron chi connectivity index (χ1n) is 6.62. The van der Waals surface area contributed by atoms with Gasteiger partial charge in [0, 0.05) is 38.0 Å². The van der Waals surface area contributed by atoms with Crippen molar-refractivity contribution >= 4 is 28.9 Å².